The molecule has 1 aliphatic carbocycles. The SMILES string of the molecule is COc1ccc(Cl)cc1CC1(O)CCCC(C)(C)CC1. The number of ether oxygens (including phenoxy) is 1. The third-order valence-corrected chi connectivity index (χ3v) is 4.76. The maximum absolute atomic E-state index is 10.9. The van der Waals surface area contributed by atoms with Gasteiger partial charge in [0, 0.05) is 11.4 Å². The third kappa shape index (κ3) is 3.89. The van der Waals surface area contributed by atoms with Gasteiger partial charge in [0.15, 0.2) is 0 Å². The number of halogens is 1. The first-order valence-corrected chi connectivity index (χ1v) is 7.76. The standard InChI is InChI=1S/C17H25ClO2/c1-16(2)7-4-8-17(19,10-9-16)12-13-11-14(18)5-6-15(13)20-3/h5-6,11,19H,4,7-10,12H2,1-3H3. The Morgan fingerprint density at radius 2 is 1.95 bits per heavy atom. The topological polar surface area (TPSA) is 29.5 Å². The van der Waals surface area contributed by atoms with Gasteiger partial charge in [-0.2, -0.15) is 0 Å². The van der Waals surface area contributed by atoms with Crippen LogP contribution in [0.2, 0.25) is 5.02 Å². The van der Waals surface area contributed by atoms with E-state index in [0.29, 0.717) is 16.9 Å². The number of rotatable bonds is 3. The van der Waals surface area contributed by atoms with E-state index in [9.17, 15) is 5.11 Å². The molecule has 1 saturated carbocycles. The van der Waals surface area contributed by atoms with Crippen LogP contribution >= 0.6 is 11.6 Å². The second-order valence-corrected chi connectivity index (χ2v) is 7.31. The van der Waals surface area contributed by atoms with Crippen molar-refractivity contribution in [1.82, 2.24) is 0 Å². The second kappa shape index (κ2) is 5.95. The van der Waals surface area contributed by atoms with Crippen LogP contribution in [-0.2, 0) is 6.42 Å². The van der Waals surface area contributed by atoms with Gasteiger partial charge < -0.3 is 9.84 Å². The molecule has 1 aromatic rings. The van der Waals surface area contributed by atoms with Gasteiger partial charge in [0.25, 0.3) is 0 Å². The van der Waals surface area contributed by atoms with Crippen molar-refractivity contribution in [1.29, 1.82) is 0 Å². The molecule has 1 atom stereocenters. The van der Waals surface area contributed by atoms with Gasteiger partial charge >= 0.3 is 0 Å². The quantitative estimate of drug-likeness (QED) is 0.825. The van der Waals surface area contributed by atoms with Crippen molar-refractivity contribution in [2.45, 2.75) is 58.0 Å². The van der Waals surface area contributed by atoms with Crippen molar-refractivity contribution in [3.63, 3.8) is 0 Å². The van der Waals surface area contributed by atoms with Gasteiger partial charge in [-0.3, -0.25) is 0 Å². The molecule has 0 aliphatic heterocycles. The first-order chi connectivity index (χ1) is 9.34. The molecular formula is C17H25ClO2. The van der Waals surface area contributed by atoms with E-state index in [4.69, 9.17) is 16.3 Å². The highest BCUT2D eigenvalue weighted by Gasteiger charge is 2.34. The summed E-state index contributed by atoms with van der Waals surface area (Å²) in [7, 11) is 1.66. The molecule has 1 N–H and O–H groups in total. The van der Waals surface area contributed by atoms with E-state index in [1.165, 1.54) is 6.42 Å². The average molecular weight is 297 g/mol. The van der Waals surface area contributed by atoms with Crippen LogP contribution in [-0.4, -0.2) is 17.8 Å². The maximum Gasteiger partial charge on any atom is 0.122 e. The summed E-state index contributed by atoms with van der Waals surface area (Å²) in [6.07, 6.45) is 5.63. The number of aliphatic hydroxyl groups is 1. The van der Waals surface area contributed by atoms with E-state index in [-0.39, 0.29) is 0 Å². The number of methoxy groups -OCH3 is 1. The number of hydrogen-bond donors (Lipinski definition) is 1. The molecule has 20 heavy (non-hydrogen) atoms. The van der Waals surface area contributed by atoms with Crippen molar-refractivity contribution in [2.24, 2.45) is 5.41 Å². The van der Waals surface area contributed by atoms with Gasteiger partial charge in [0.2, 0.25) is 0 Å². The Balaban J connectivity index is 2.18. The molecule has 1 aliphatic rings. The molecule has 1 unspecified atom stereocenters. The zero-order valence-electron chi connectivity index (χ0n) is 12.7. The first-order valence-electron chi connectivity index (χ1n) is 7.38. The Morgan fingerprint density at radius 1 is 1.20 bits per heavy atom. The van der Waals surface area contributed by atoms with Crippen LogP contribution in [0.15, 0.2) is 18.2 Å². The van der Waals surface area contributed by atoms with E-state index in [0.717, 1.165) is 37.0 Å². The van der Waals surface area contributed by atoms with E-state index in [1.54, 1.807) is 7.11 Å². The molecule has 0 spiro atoms. The fraction of sp³-hybridized carbons (Fsp3) is 0.647. The predicted molar refractivity (Wildman–Crippen MR) is 83.5 cm³/mol. The van der Waals surface area contributed by atoms with Gasteiger partial charge in [0.1, 0.15) is 5.75 Å². The molecule has 0 aromatic heterocycles. The first kappa shape index (κ1) is 15.7. The van der Waals surface area contributed by atoms with Crippen molar-refractivity contribution in [2.75, 3.05) is 7.11 Å². The minimum Gasteiger partial charge on any atom is -0.496 e. The molecular weight excluding hydrogens is 272 g/mol. The van der Waals surface area contributed by atoms with E-state index in [2.05, 4.69) is 13.8 Å². The molecule has 0 bridgehead atoms. The normalized spacial score (nSPS) is 26.1. The molecule has 112 valence electrons. The summed E-state index contributed by atoms with van der Waals surface area (Å²) in [5.41, 5.74) is 0.705. The molecule has 3 heteroatoms. The Labute approximate surface area is 127 Å². The van der Waals surface area contributed by atoms with Crippen molar-refractivity contribution < 1.29 is 9.84 Å². The summed E-state index contributed by atoms with van der Waals surface area (Å²) in [5, 5.41) is 11.6. The molecule has 0 radical (unpaired) electrons. The molecule has 0 amide bonds. The lowest BCUT2D eigenvalue weighted by molar-refractivity contribution is 0.0221. The summed E-state index contributed by atoms with van der Waals surface area (Å²) in [6.45, 7) is 4.58. The van der Waals surface area contributed by atoms with Gasteiger partial charge in [-0.15, -0.1) is 0 Å². The molecule has 1 fully saturated rings. The van der Waals surface area contributed by atoms with E-state index >= 15 is 0 Å². The molecule has 1 aromatic carbocycles. The van der Waals surface area contributed by atoms with Crippen LogP contribution in [0.5, 0.6) is 5.75 Å². The van der Waals surface area contributed by atoms with E-state index in [1.807, 2.05) is 18.2 Å². The van der Waals surface area contributed by atoms with Gasteiger partial charge in [0.05, 0.1) is 12.7 Å². The molecule has 2 rings (SSSR count). The van der Waals surface area contributed by atoms with Gasteiger partial charge in [-0.05, 0) is 54.9 Å². The summed E-state index contributed by atoms with van der Waals surface area (Å²) >= 11 is 6.08. The minimum atomic E-state index is -0.633. The predicted octanol–water partition coefficient (Wildman–Crippen LogP) is 4.61. The molecule has 2 nitrogen and oxygen atoms in total. The van der Waals surface area contributed by atoms with Crippen LogP contribution < -0.4 is 4.74 Å². The van der Waals surface area contributed by atoms with E-state index < -0.39 is 5.60 Å². The van der Waals surface area contributed by atoms with Crippen LogP contribution in [0.25, 0.3) is 0 Å². The maximum atomic E-state index is 10.9. The van der Waals surface area contributed by atoms with Crippen molar-refractivity contribution in [3.05, 3.63) is 28.8 Å². The molecule has 0 heterocycles. The Hall–Kier alpha value is -0.730. The monoisotopic (exact) mass is 296 g/mol. The highest BCUT2D eigenvalue weighted by molar-refractivity contribution is 6.30. The van der Waals surface area contributed by atoms with Crippen LogP contribution in [0.3, 0.4) is 0 Å². The fourth-order valence-electron chi connectivity index (χ4n) is 3.13. The summed E-state index contributed by atoms with van der Waals surface area (Å²) in [4.78, 5) is 0. The third-order valence-electron chi connectivity index (χ3n) is 4.52. The summed E-state index contributed by atoms with van der Waals surface area (Å²) in [5.74, 6) is 0.811. The van der Waals surface area contributed by atoms with Crippen LogP contribution in [0.1, 0.15) is 51.5 Å². The van der Waals surface area contributed by atoms with Crippen molar-refractivity contribution in [3.8, 4) is 5.75 Å². The van der Waals surface area contributed by atoms with Crippen LogP contribution in [0, 0.1) is 5.41 Å². The lowest BCUT2D eigenvalue weighted by atomic mass is 9.83. The highest BCUT2D eigenvalue weighted by Crippen LogP contribution is 2.40. The van der Waals surface area contributed by atoms with Gasteiger partial charge in [-0.1, -0.05) is 31.9 Å². The Bertz CT molecular complexity index is 470. The number of hydrogen-bond acceptors (Lipinski definition) is 2. The highest BCUT2D eigenvalue weighted by atomic mass is 35.5. The number of benzene rings is 1. The minimum absolute atomic E-state index is 0.336. The fourth-order valence-corrected chi connectivity index (χ4v) is 3.33. The summed E-state index contributed by atoms with van der Waals surface area (Å²) in [6, 6.07) is 5.61. The lowest BCUT2D eigenvalue weighted by Crippen LogP contribution is -2.31. The van der Waals surface area contributed by atoms with Crippen LogP contribution in [0.4, 0.5) is 0 Å². The zero-order chi connectivity index (χ0) is 14.8. The van der Waals surface area contributed by atoms with Gasteiger partial charge in [-0.25, -0.2) is 0 Å². The smallest absolute Gasteiger partial charge is 0.122 e. The van der Waals surface area contributed by atoms with Crippen molar-refractivity contribution >= 4 is 11.6 Å². The Morgan fingerprint density at radius 3 is 2.65 bits per heavy atom. The lowest BCUT2D eigenvalue weighted by Gasteiger charge is -2.28. The zero-order valence-corrected chi connectivity index (χ0v) is 13.5. The average Bonchev–Trinajstić information content (AvgIpc) is 2.49. The summed E-state index contributed by atoms with van der Waals surface area (Å²) < 4.78 is 5.39. The Kier molecular flexibility index (Phi) is 4.66. The largest absolute Gasteiger partial charge is 0.496 e. The molecule has 0 saturated heterocycles. The second-order valence-electron chi connectivity index (χ2n) is 6.88.